The van der Waals surface area contributed by atoms with E-state index in [0.717, 1.165) is 0 Å². The minimum absolute atomic E-state index is 0.130. The van der Waals surface area contributed by atoms with E-state index in [1.54, 1.807) is 0 Å². The average molecular weight is 234 g/mol. The molecule has 0 radical (unpaired) electrons. The van der Waals surface area contributed by atoms with Gasteiger partial charge in [-0.1, -0.05) is 0 Å². The van der Waals surface area contributed by atoms with Gasteiger partial charge in [-0.25, -0.2) is 0 Å². The van der Waals surface area contributed by atoms with Crippen molar-refractivity contribution in [2.45, 2.75) is 6.92 Å². The van der Waals surface area contributed by atoms with E-state index in [-0.39, 0.29) is 13.2 Å². The Kier molecular flexibility index (Phi) is 8.46. The molecule has 0 aliphatic rings. The fraction of sp³-hybridized carbons (Fsp3) is 0.800. The van der Waals surface area contributed by atoms with Crippen LogP contribution in [0.2, 0.25) is 0 Å². The van der Waals surface area contributed by atoms with Gasteiger partial charge in [0.25, 0.3) is 0 Å². The van der Waals surface area contributed by atoms with Crippen molar-refractivity contribution >= 4 is 11.9 Å². The molecule has 0 bridgehead atoms. The van der Waals surface area contributed by atoms with Gasteiger partial charge in [-0.3, -0.25) is 9.59 Å². The number of carbonyl (C=O) groups is 2. The van der Waals surface area contributed by atoms with Gasteiger partial charge in [-0.2, -0.15) is 0 Å². The molecule has 16 heavy (non-hydrogen) atoms. The molecule has 0 spiro atoms. The molecule has 6 nitrogen and oxygen atoms in total. The third-order valence-electron chi connectivity index (χ3n) is 1.77. The Hall–Kier alpha value is -1.14. The minimum Gasteiger partial charge on any atom is -0.463 e. The van der Waals surface area contributed by atoms with Crippen LogP contribution in [0.4, 0.5) is 0 Å². The largest absolute Gasteiger partial charge is 0.463 e. The molecule has 0 aromatic carbocycles. The first kappa shape index (κ1) is 14.9. The highest BCUT2D eigenvalue weighted by molar-refractivity contribution is 5.94. The van der Waals surface area contributed by atoms with Gasteiger partial charge in [0.1, 0.15) is 13.2 Å². The average Bonchev–Trinajstić information content (AvgIpc) is 2.28. The first-order chi connectivity index (χ1) is 7.63. The highest BCUT2D eigenvalue weighted by atomic mass is 16.6. The molecule has 0 unspecified atom stereocenters. The van der Waals surface area contributed by atoms with E-state index in [2.05, 4.69) is 0 Å². The Balaban J connectivity index is 3.78. The van der Waals surface area contributed by atoms with Gasteiger partial charge in [0.15, 0.2) is 5.92 Å². The van der Waals surface area contributed by atoms with E-state index in [9.17, 15) is 9.59 Å². The molecule has 0 atom stereocenters. The van der Waals surface area contributed by atoms with Gasteiger partial charge in [0.05, 0.1) is 13.2 Å². The van der Waals surface area contributed by atoms with Crippen LogP contribution in [0, 0.1) is 5.92 Å². The van der Waals surface area contributed by atoms with E-state index in [0.29, 0.717) is 13.2 Å². The number of esters is 2. The van der Waals surface area contributed by atoms with E-state index in [4.69, 9.17) is 18.9 Å². The first-order valence-electron chi connectivity index (χ1n) is 4.94. The zero-order valence-electron chi connectivity index (χ0n) is 9.86. The van der Waals surface area contributed by atoms with Gasteiger partial charge in [-0.15, -0.1) is 0 Å². The van der Waals surface area contributed by atoms with Crippen LogP contribution in [-0.4, -0.2) is 52.6 Å². The maximum Gasteiger partial charge on any atom is 0.320 e. The summed E-state index contributed by atoms with van der Waals surface area (Å²) in [6, 6.07) is 0. The molecular formula is C10H18O6. The Labute approximate surface area is 94.8 Å². The van der Waals surface area contributed by atoms with E-state index in [1.807, 2.05) is 0 Å². The van der Waals surface area contributed by atoms with Crippen LogP contribution in [-0.2, 0) is 28.5 Å². The zero-order chi connectivity index (χ0) is 12.4. The summed E-state index contributed by atoms with van der Waals surface area (Å²) in [5.41, 5.74) is 0. The smallest absolute Gasteiger partial charge is 0.320 e. The third-order valence-corrected chi connectivity index (χ3v) is 1.77. The van der Waals surface area contributed by atoms with Crippen molar-refractivity contribution in [3.63, 3.8) is 0 Å². The highest BCUT2D eigenvalue weighted by Crippen LogP contribution is 2.01. The van der Waals surface area contributed by atoms with Gasteiger partial charge < -0.3 is 18.9 Å². The number of rotatable bonds is 8. The van der Waals surface area contributed by atoms with Crippen molar-refractivity contribution in [3.8, 4) is 0 Å². The normalized spacial score (nSPS) is 10.2. The van der Waals surface area contributed by atoms with Gasteiger partial charge in [0, 0.05) is 14.2 Å². The monoisotopic (exact) mass is 234 g/mol. The molecule has 0 aromatic heterocycles. The second-order valence-electron chi connectivity index (χ2n) is 3.04. The Morgan fingerprint density at radius 1 is 0.875 bits per heavy atom. The SMILES string of the molecule is COCCOC(=O)C(C)C(=O)OCCOC. The van der Waals surface area contributed by atoms with Crippen LogP contribution in [0.25, 0.3) is 0 Å². The van der Waals surface area contributed by atoms with Gasteiger partial charge in [-0.05, 0) is 6.92 Å². The first-order valence-corrected chi connectivity index (χ1v) is 4.94. The lowest BCUT2D eigenvalue weighted by molar-refractivity contribution is -0.162. The van der Waals surface area contributed by atoms with Crippen molar-refractivity contribution in [2.75, 3.05) is 40.6 Å². The molecule has 0 amide bonds. The summed E-state index contributed by atoms with van der Waals surface area (Å²) in [5, 5.41) is 0. The maximum atomic E-state index is 11.3. The number of ether oxygens (including phenoxy) is 4. The summed E-state index contributed by atoms with van der Waals surface area (Å²) in [7, 11) is 2.99. The van der Waals surface area contributed by atoms with Crippen LogP contribution in [0.3, 0.4) is 0 Å². The van der Waals surface area contributed by atoms with Crippen molar-refractivity contribution in [1.82, 2.24) is 0 Å². The zero-order valence-corrected chi connectivity index (χ0v) is 9.86. The quantitative estimate of drug-likeness (QED) is 0.334. The standard InChI is InChI=1S/C10H18O6/c1-8(9(11)15-6-4-13-2)10(12)16-7-5-14-3/h8H,4-7H2,1-3H3. The maximum absolute atomic E-state index is 11.3. The lowest BCUT2D eigenvalue weighted by Crippen LogP contribution is -2.27. The Morgan fingerprint density at radius 3 is 1.56 bits per heavy atom. The van der Waals surface area contributed by atoms with Crippen molar-refractivity contribution in [1.29, 1.82) is 0 Å². The van der Waals surface area contributed by atoms with E-state index < -0.39 is 17.9 Å². The summed E-state index contributed by atoms with van der Waals surface area (Å²) >= 11 is 0. The molecule has 94 valence electrons. The second-order valence-corrected chi connectivity index (χ2v) is 3.04. The molecule has 0 saturated heterocycles. The van der Waals surface area contributed by atoms with Crippen LogP contribution in [0.1, 0.15) is 6.92 Å². The van der Waals surface area contributed by atoms with Crippen molar-refractivity contribution < 1.29 is 28.5 Å². The number of hydrogen-bond donors (Lipinski definition) is 0. The van der Waals surface area contributed by atoms with E-state index >= 15 is 0 Å². The summed E-state index contributed by atoms with van der Waals surface area (Å²) in [6.45, 7) is 2.30. The molecule has 6 heteroatoms. The molecule has 0 fully saturated rings. The number of methoxy groups -OCH3 is 2. The lowest BCUT2D eigenvalue weighted by atomic mass is 10.2. The van der Waals surface area contributed by atoms with E-state index in [1.165, 1.54) is 21.1 Å². The summed E-state index contributed by atoms with van der Waals surface area (Å²) < 4.78 is 19.0. The van der Waals surface area contributed by atoms with Crippen LogP contribution in [0.5, 0.6) is 0 Å². The van der Waals surface area contributed by atoms with Crippen molar-refractivity contribution in [2.24, 2.45) is 5.92 Å². The van der Waals surface area contributed by atoms with Crippen LogP contribution < -0.4 is 0 Å². The molecule has 0 heterocycles. The summed E-state index contributed by atoms with van der Waals surface area (Å²) in [5.74, 6) is -2.15. The predicted molar refractivity (Wildman–Crippen MR) is 54.8 cm³/mol. The fourth-order valence-corrected chi connectivity index (χ4v) is 0.797. The fourth-order valence-electron chi connectivity index (χ4n) is 0.797. The highest BCUT2D eigenvalue weighted by Gasteiger charge is 2.24. The number of carbonyl (C=O) groups excluding carboxylic acids is 2. The molecule has 0 aliphatic carbocycles. The topological polar surface area (TPSA) is 71.1 Å². The van der Waals surface area contributed by atoms with Crippen LogP contribution >= 0.6 is 0 Å². The molecular weight excluding hydrogens is 216 g/mol. The Morgan fingerprint density at radius 2 is 1.25 bits per heavy atom. The third kappa shape index (κ3) is 6.36. The molecule has 0 saturated carbocycles. The molecule has 0 N–H and O–H groups in total. The van der Waals surface area contributed by atoms with Crippen LogP contribution in [0.15, 0.2) is 0 Å². The summed E-state index contributed by atoms with van der Waals surface area (Å²) in [4.78, 5) is 22.6. The van der Waals surface area contributed by atoms with Gasteiger partial charge >= 0.3 is 11.9 Å². The van der Waals surface area contributed by atoms with Gasteiger partial charge in [0.2, 0.25) is 0 Å². The lowest BCUT2D eigenvalue weighted by Gasteiger charge is -2.10. The summed E-state index contributed by atoms with van der Waals surface area (Å²) in [6.07, 6.45) is 0. The Bertz CT molecular complexity index is 193. The minimum atomic E-state index is -0.922. The second kappa shape index (κ2) is 9.11. The number of hydrogen-bond acceptors (Lipinski definition) is 6. The van der Waals surface area contributed by atoms with Crippen molar-refractivity contribution in [3.05, 3.63) is 0 Å². The molecule has 0 rings (SSSR count). The molecule has 0 aliphatic heterocycles. The molecule has 0 aromatic rings. The predicted octanol–water partition coefficient (Wildman–Crippen LogP) is 0.00170.